The van der Waals surface area contributed by atoms with E-state index in [2.05, 4.69) is 56.3 Å². The average molecular weight is 340 g/mol. The van der Waals surface area contributed by atoms with Crippen molar-refractivity contribution in [2.24, 2.45) is 5.73 Å². The average Bonchev–Trinajstić information content (AvgIpc) is 2.86. The summed E-state index contributed by atoms with van der Waals surface area (Å²) in [6.07, 6.45) is 3.67. The monoisotopic (exact) mass is 339 g/mol. The summed E-state index contributed by atoms with van der Waals surface area (Å²) >= 11 is 5.36. The summed E-state index contributed by atoms with van der Waals surface area (Å²) in [6, 6.07) is 6.45. The van der Waals surface area contributed by atoms with Crippen molar-refractivity contribution in [3.8, 4) is 0 Å². The van der Waals surface area contributed by atoms with Gasteiger partial charge in [0.15, 0.2) is 0 Å². The first kappa shape index (κ1) is 14.7. The molecule has 0 aliphatic heterocycles. The summed E-state index contributed by atoms with van der Waals surface area (Å²) in [4.78, 5) is 7.76. The molecule has 2 N–H and O–H groups in total. The number of hydrogen-bond acceptors (Lipinski definition) is 4. The number of aromatic nitrogens is 1. The van der Waals surface area contributed by atoms with Crippen molar-refractivity contribution >= 4 is 27.3 Å². The molecule has 0 fully saturated rings. The third kappa shape index (κ3) is 3.63. The maximum absolute atomic E-state index is 5.99. The van der Waals surface area contributed by atoms with Gasteiger partial charge in [-0.1, -0.05) is 6.92 Å². The lowest BCUT2D eigenvalue weighted by Crippen LogP contribution is -2.33. The third-order valence-corrected chi connectivity index (χ3v) is 5.12. The standard InChI is InChI=1S/C14H18BrN3S/c1-2-18(10-11-3-6-17-7-4-11)13(9-16)14-12(15)5-8-19-14/h3-8,13H,2,9-10,16H2,1H3. The lowest BCUT2D eigenvalue weighted by molar-refractivity contribution is 0.206. The molecule has 2 heterocycles. The van der Waals surface area contributed by atoms with Gasteiger partial charge in [0, 0.05) is 34.8 Å². The zero-order valence-corrected chi connectivity index (χ0v) is 13.3. The summed E-state index contributed by atoms with van der Waals surface area (Å²) in [6.45, 7) is 4.66. The highest BCUT2D eigenvalue weighted by molar-refractivity contribution is 9.10. The van der Waals surface area contributed by atoms with E-state index in [1.807, 2.05) is 12.4 Å². The molecule has 1 atom stereocenters. The van der Waals surface area contributed by atoms with Crippen molar-refractivity contribution in [1.29, 1.82) is 0 Å². The fraction of sp³-hybridized carbons (Fsp3) is 0.357. The van der Waals surface area contributed by atoms with Gasteiger partial charge in [-0.15, -0.1) is 11.3 Å². The molecule has 19 heavy (non-hydrogen) atoms. The zero-order valence-electron chi connectivity index (χ0n) is 10.9. The van der Waals surface area contributed by atoms with Crippen LogP contribution in [0.2, 0.25) is 0 Å². The lowest BCUT2D eigenvalue weighted by Gasteiger charge is -2.29. The van der Waals surface area contributed by atoms with Gasteiger partial charge in [-0.3, -0.25) is 9.88 Å². The van der Waals surface area contributed by atoms with E-state index in [9.17, 15) is 0 Å². The smallest absolute Gasteiger partial charge is 0.0578 e. The SMILES string of the molecule is CCN(Cc1ccncc1)C(CN)c1sccc1Br. The highest BCUT2D eigenvalue weighted by Crippen LogP contribution is 2.32. The number of rotatable bonds is 6. The van der Waals surface area contributed by atoms with Crippen molar-refractivity contribution in [2.45, 2.75) is 19.5 Å². The van der Waals surface area contributed by atoms with Crippen LogP contribution < -0.4 is 5.73 Å². The van der Waals surface area contributed by atoms with Gasteiger partial charge in [-0.05, 0) is 51.6 Å². The summed E-state index contributed by atoms with van der Waals surface area (Å²) in [5.74, 6) is 0. The molecule has 0 saturated carbocycles. The number of nitrogens with zero attached hydrogens (tertiary/aromatic N) is 2. The molecule has 3 nitrogen and oxygen atoms in total. The van der Waals surface area contributed by atoms with Crippen molar-refractivity contribution in [3.63, 3.8) is 0 Å². The van der Waals surface area contributed by atoms with E-state index in [1.54, 1.807) is 11.3 Å². The van der Waals surface area contributed by atoms with E-state index < -0.39 is 0 Å². The van der Waals surface area contributed by atoms with Crippen molar-refractivity contribution in [2.75, 3.05) is 13.1 Å². The molecule has 0 saturated heterocycles. The molecule has 0 bridgehead atoms. The molecule has 0 amide bonds. The predicted molar refractivity (Wildman–Crippen MR) is 84.1 cm³/mol. The van der Waals surface area contributed by atoms with Crippen molar-refractivity contribution in [3.05, 3.63) is 50.9 Å². The van der Waals surface area contributed by atoms with E-state index in [0.29, 0.717) is 6.54 Å². The van der Waals surface area contributed by atoms with Crippen molar-refractivity contribution < 1.29 is 0 Å². The van der Waals surface area contributed by atoms with Crippen LogP contribution in [-0.2, 0) is 6.54 Å². The van der Waals surface area contributed by atoms with Gasteiger partial charge >= 0.3 is 0 Å². The van der Waals surface area contributed by atoms with Gasteiger partial charge in [0.2, 0.25) is 0 Å². The molecule has 0 spiro atoms. The van der Waals surface area contributed by atoms with Crippen LogP contribution in [0.25, 0.3) is 0 Å². The third-order valence-electron chi connectivity index (χ3n) is 3.15. The van der Waals surface area contributed by atoms with Gasteiger partial charge in [-0.25, -0.2) is 0 Å². The van der Waals surface area contributed by atoms with Crippen molar-refractivity contribution in [1.82, 2.24) is 9.88 Å². The molecule has 2 aromatic heterocycles. The first-order valence-electron chi connectivity index (χ1n) is 6.32. The van der Waals surface area contributed by atoms with Crippen LogP contribution in [0.4, 0.5) is 0 Å². The van der Waals surface area contributed by atoms with Crippen LogP contribution >= 0.6 is 27.3 Å². The van der Waals surface area contributed by atoms with Crippen LogP contribution in [0.1, 0.15) is 23.4 Å². The number of hydrogen-bond donors (Lipinski definition) is 1. The Balaban J connectivity index is 2.18. The molecule has 0 aliphatic rings. The van der Waals surface area contributed by atoms with E-state index in [0.717, 1.165) is 17.6 Å². The predicted octanol–water partition coefficient (Wildman–Crippen LogP) is 3.43. The number of nitrogens with two attached hydrogens (primary N) is 1. The Morgan fingerprint density at radius 1 is 1.37 bits per heavy atom. The molecule has 2 aromatic rings. The molecule has 0 aliphatic carbocycles. The Hall–Kier alpha value is -0.750. The molecule has 102 valence electrons. The van der Waals surface area contributed by atoms with Crippen LogP contribution in [0, 0.1) is 0 Å². The van der Waals surface area contributed by atoms with Crippen LogP contribution in [0.3, 0.4) is 0 Å². The summed E-state index contributed by atoms with van der Waals surface area (Å²) in [5, 5.41) is 2.10. The lowest BCUT2D eigenvalue weighted by atomic mass is 10.1. The Kier molecular flexibility index (Phi) is 5.51. The van der Waals surface area contributed by atoms with Gasteiger partial charge in [0.1, 0.15) is 0 Å². The first-order chi connectivity index (χ1) is 9.26. The molecule has 5 heteroatoms. The largest absolute Gasteiger partial charge is 0.329 e. The number of likely N-dealkylation sites (N-methyl/N-ethyl adjacent to an activating group) is 1. The van der Waals surface area contributed by atoms with Gasteiger partial charge in [0.05, 0.1) is 6.04 Å². The van der Waals surface area contributed by atoms with Crippen LogP contribution in [0.15, 0.2) is 40.4 Å². The van der Waals surface area contributed by atoms with Crippen LogP contribution in [0.5, 0.6) is 0 Å². The van der Waals surface area contributed by atoms with Gasteiger partial charge < -0.3 is 5.73 Å². The van der Waals surface area contributed by atoms with Gasteiger partial charge in [-0.2, -0.15) is 0 Å². The fourth-order valence-electron chi connectivity index (χ4n) is 2.13. The van der Waals surface area contributed by atoms with Crippen LogP contribution in [-0.4, -0.2) is 23.0 Å². The minimum atomic E-state index is 0.257. The highest BCUT2D eigenvalue weighted by Gasteiger charge is 2.21. The molecule has 0 aromatic carbocycles. The number of pyridine rings is 1. The maximum Gasteiger partial charge on any atom is 0.0578 e. The molecule has 1 unspecified atom stereocenters. The maximum atomic E-state index is 5.99. The normalized spacial score (nSPS) is 12.8. The zero-order chi connectivity index (χ0) is 13.7. The van der Waals surface area contributed by atoms with E-state index in [-0.39, 0.29) is 6.04 Å². The minimum absolute atomic E-state index is 0.257. The Morgan fingerprint density at radius 2 is 2.11 bits per heavy atom. The van der Waals surface area contributed by atoms with E-state index >= 15 is 0 Å². The Morgan fingerprint density at radius 3 is 2.63 bits per heavy atom. The second-order valence-electron chi connectivity index (χ2n) is 4.30. The van der Waals surface area contributed by atoms with E-state index in [1.165, 1.54) is 10.4 Å². The quantitative estimate of drug-likeness (QED) is 0.876. The first-order valence-corrected chi connectivity index (χ1v) is 7.99. The second kappa shape index (κ2) is 7.14. The molecular weight excluding hydrogens is 322 g/mol. The fourth-order valence-corrected chi connectivity index (χ4v) is 3.92. The summed E-state index contributed by atoms with van der Waals surface area (Å²) in [5.41, 5.74) is 7.26. The summed E-state index contributed by atoms with van der Waals surface area (Å²) < 4.78 is 1.15. The number of halogens is 1. The molecular formula is C14H18BrN3S. The Bertz CT molecular complexity index is 500. The second-order valence-corrected chi connectivity index (χ2v) is 6.10. The Labute approximate surface area is 126 Å². The summed E-state index contributed by atoms with van der Waals surface area (Å²) in [7, 11) is 0. The van der Waals surface area contributed by atoms with Gasteiger partial charge in [0.25, 0.3) is 0 Å². The highest BCUT2D eigenvalue weighted by atomic mass is 79.9. The molecule has 2 rings (SSSR count). The van der Waals surface area contributed by atoms with E-state index in [4.69, 9.17) is 5.73 Å². The minimum Gasteiger partial charge on any atom is -0.329 e. The molecule has 0 radical (unpaired) electrons. The number of thiophene rings is 1. The topological polar surface area (TPSA) is 42.2 Å².